The zero-order chi connectivity index (χ0) is 21.3. The Hall–Kier alpha value is -1.81. The van der Waals surface area contributed by atoms with Crippen molar-refractivity contribution in [2.75, 3.05) is 0 Å². The first-order valence-corrected chi connectivity index (χ1v) is 11.8. The summed E-state index contributed by atoms with van der Waals surface area (Å²) in [5.74, 6) is 0.400. The predicted octanol–water partition coefficient (Wildman–Crippen LogP) is 8.35. The number of thiocarbonyl (C=S) groups is 1. The lowest BCUT2D eigenvalue weighted by atomic mass is 9.77. The standard InChI is InChI=1S/C26H32F2OS/c1-2-3-4-5-6-9-19-12-14-20(15-13-19)22-17-16-21(18-24(22)28)26(30)29-25-11-8-7-10-23(25)27/h7-8,10-11,16-20H,2-6,9,12-15H2,1H3/t19-,20-. The maximum Gasteiger partial charge on any atom is 0.198 e. The summed E-state index contributed by atoms with van der Waals surface area (Å²) in [6.45, 7) is 2.25. The summed E-state index contributed by atoms with van der Waals surface area (Å²) in [4.78, 5) is 0. The van der Waals surface area contributed by atoms with E-state index in [0.29, 0.717) is 5.56 Å². The zero-order valence-electron chi connectivity index (χ0n) is 17.8. The molecule has 1 nitrogen and oxygen atoms in total. The van der Waals surface area contributed by atoms with Crippen LogP contribution < -0.4 is 4.74 Å². The van der Waals surface area contributed by atoms with Gasteiger partial charge in [-0.3, -0.25) is 0 Å². The quantitative estimate of drug-likeness (QED) is 0.292. The van der Waals surface area contributed by atoms with Gasteiger partial charge in [-0.2, -0.15) is 0 Å². The lowest BCUT2D eigenvalue weighted by Gasteiger charge is -2.29. The normalized spacial score (nSPS) is 18.9. The molecule has 3 rings (SSSR count). The van der Waals surface area contributed by atoms with Gasteiger partial charge in [0.1, 0.15) is 5.82 Å². The van der Waals surface area contributed by atoms with Crippen LogP contribution >= 0.6 is 12.2 Å². The molecule has 4 heteroatoms. The molecule has 30 heavy (non-hydrogen) atoms. The Morgan fingerprint density at radius 1 is 0.933 bits per heavy atom. The second-order valence-corrected chi connectivity index (χ2v) is 8.85. The summed E-state index contributed by atoms with van der Waals surface area (Å²) in [7, 11) is 0. The molecule has 1 aliphatic rings. The summed E-state index contributed by atoms with van der Waals surface area (Å²) < 4.78 is 34.0. The van der Waals surface area contributed by atoms with Gasteiger partial charge in [0.15, 0.2) is 16.6 Å². The van der Waals surface area contributed by atoms with Crippen molar-refractivity contribution in [1.82, 2.24) is 0 Å². The Bertz CT molecular complexity index is 828. The van der Waals surface area contributed by atoms with Gasteiger partial charge >= 0.3 is 0 Å². The van der Waals surface area contributed by atoms with Crippen LogP contribution in [-0.4, -0.2) is 5.05 Å². The molecule has 0 saturated heterocycles. The number of hydrogen-bond acceptors (Lipinski definition) is 2. The fourth-order valence-electron chi connectivity index (χ4n) is 4.47. The van der Waals surface area contributed by atoms with E-state index in [4.69, 9.17) is 17.0 Å². The number of halogens is 2. The average molecular weight is 431 g/mol. The lowest BCUT2D eigenvalue weighted by molar-refractivity contribution is 0.298. The monoisotopic (exact) mass is 430 g/mol. The molecule has 0 bridgehead atoms. The zero-order valence-corrected chi connectivity index (χ0v) is 18.7. The molecule has 1 fully saturated rings. The fraction of sp³-hybridized carbons (Fsp3) is 0.500. The summed E-state index contributed by atoms with van der Waals surface area (Å²) in [6.07, 6.45) is 12.5. The van der Waals surface area contributed by atoms with E-state index in [2.05, 4.69) is 6.92 Å². The third-order valence-corrected chi connectivity index (χ3v) is 6.60. The molecular formula is C26H32F2OS. The van der Waals surface area contributed by atoms with Crippen LogP contribution in [0.5, 0.6) is 5.75 Å². The maximum atomic E-state index is 14.8. The van der Waals surface area contributed by atoms with Crippen LogP contribution in [0.4, 0.5) is 8.78 Å². The molecule has 0 aliphatic heterocycles. The number of hydrogen-bond donors (Lipinski definition) is 0. The third kappa shape index (κ3) is 6.34. The van der Waals surface area contributed by atoms with Crippen molar-refractivity contribution < 1.29 is 13.5 Å². The van der Waals surface area contributed by atoms with Crippen LogP contribution in [0.1, 0.15) is 88.2 Å². The summed E-state index contributed by atoms with van der Waals surface area (Å²) >= 11 is 5.25. The van der Waals surface area contributed by atoms with E-state index in [1.807, 2.05) is 6.07 Å². The number of para-hydroxylation sites is 1. The Kier molecular flexibility index (Phi) is 8.80. The van der Waals surface area contributed by atoms with Crippen molar-refractivity contribution >= 4 is 17.3 Å². The Labute approximate surface area is 184 Å². The number of ether oxygens (including phenoxy) is 1. The van der Waals surface area contributed by atoms with Gasteiger partial charge in [0.05, 0.1) is 0 Å². The van der Waals surface area contributed by atoms with E-state index in [9.17, 15) is 8.78 Å². The van der Waals surface area contributed by atoms with E-state index >= 15 is 0 Å². The van der Waals surface area contributed by atoms with Gasteiger partial charge in [0.2, 0.25) is 0 Å². The average Bonchev–Trinajstić information content (AvgIpc) is 2.76. The highest BCUT2D eigenvalue weighted by Gasteiger charge is 2.24. The van der Waals surface area contributed by atoms with Crippen molar-refractivity contribution in [2.24, 2.45) is 5.92 Å². The largest absolute Gasteiger partial charge is 0.442 e. The Morgan fingerprint density at radius 2 is 1.67 bits per heavy atom. The number of unbranched alkanes of at least 4 members (excludes halogenated alkanes) is 4. The predicted molar refractivity (Wildman–Crippen MR) is 123 cm³/mol. The minimum atomic E-state index is -0.487. The van der Waals surface area contributed by atoms with Crippen LogP contribution in [0.3, 0.4) is 0 Å². The molecule has 0 atom stereocenters. The summed E-state index contributed by atoms with van der Waals surface area (Å²) in [5, 5.41) is 0.0809. The molecule has 1 aliphatic carbocycles. The first-order valence-electron chi connectivity index (χ1n) is 11.3. The van der Waals surface area contributed by atoms with E-state index in [1.165, 1.54) is 69.6 Å². The van der Waals surface area contributed by atoms with Gasteiger partial charge in [0.25, 0.3) is 0 Å². The number of rotatable bonds is 9. The van der Waals surface area contributed by atoms with Crippen molar-refractivity contribution in [1.29, 1.82) is 0 Å². The minimum absolute atomic E-state index is 0.0556. The van der Waals surface area contributed by atoms with Crippen LogP contribution in [0.15, 0.2) is 42.5 Å². The highest BCUT2D eigenvalue weighted by Crippen LogP contribution is 2.39. The molecule has 0 unspecified atom stereocenters. The van der Waals surface area contributed by atoms with E-state index in [-0.39, 0.29) is 22.5 Å². The van der Waals surface area contributed by atoms with Gasteiger partial charge in [-0.15, -0.1) is 0 Å². The molecule has 0 aromatic heterocycles. The molecule has 1 saturated carbocycles. The SMILES string of the molecule is CCCCCCC[C@H]1CC[C@H](c2ccc(C(=S)Oc3ccccc3F)cc2F)CC1. The molecule has 162 valence electrons. The molecule has 2 aromatic carbocycles. The molecule has 0 heterocycles. The van der Waals surface area contributed by atoms with Gasteiger partial charge in [-0.1, -0.05) is 63.6 Å². The topological polar surface area (TPSA) is 9.23 Å². The highest BCUT2D eigenvalue weighted by atomic mass is 32.1. The van der Waals surface area contributed by atoms with Crippen LogP contribution in [0.2, 0.25) is 0 Å². The first-order chi connectivity index (χ1) is 14.6. The van der Waals surface area contributed by atoms with E-state index in [1.54, 1.807) is 18.2 Å². The molecule has 0 amide bonds. The van der Waals surface area contributed by atoms with Crippen molar-refractivity contribution in [3.8, 4) is 5.75 Å². The van der Waals surface area contributed by atoms with Crippen LogP contribution in [0.25, 0.3) is 0 Å². The number of benzene rings is 2. The lowest BCUT2D eigenvalue weighted by Crippen LogP contribution is -2.15. The van der Waals surface area contributed by atoms with Crippen molar-refractivity contribution in [3.05, 3.63) is 65.2 Å². The molecule has 0 radical (unpaired) electrons. The second kappa shape index (κ2) is 11.5. The highest BCUT2D eigenvalue weighted by molar-refractivity contribution is 7.80. The smallest absolute Gasteiger partial charge is 0.198 e. The van der Waals surface area contributed by atoms with Crippen LogP contribution in [-0.2, 0) is 0 Å². The molecule has 2 aromatic rings. The molecule has 0 N–H and O–H groups in total. The summed E-state index contributed by atoms with van der Waals surface area (Å²) in [6, 6.07) is 11.1. The minimum Gasteiger partial charge on any atom is -0.442 e. The molecular weight excluding hydrogens is 398 g/mol. The second-order valence-electron chi connectivity index (χ2n) is 8.48. The van der Waals surface area contributed by atoms with Gasteiger partial charge in [0, 0.05) is 5.56 Å². The first kappa shape index (κ1) is 22.9. The Morgan fingerprint density at radius 3 is 2.37 bits per heavy atom. The fourth-order valence-corrected chi connectivity index (χ4v) is 4.69. The third-order valence-electron chi connectivity index (χ3n) is 6.28. The van der Waals surface area contributed by atoms with Crippen molar-refractivity contribution in [3.63, 3.8) is 0 Å². The Balaban J connectivity index is 1.52. The van der Waals surface area contributed by atoms with E-state index < -0.39 is 5.82 Å². The van der Waals surface area contributed by atoms with Crippen LogP contribution in [0, 0.1) is 17.6 Å². The van der Waals surface area contributed by atoms with Gasteiger partial charge in [-0.05, 0) is 79.6 Å². The van der Waals surface area contributed by atoms with Gasteiger partial charge in [-0.25, -0.2) is 8.78 Å². The maximum absolute atomic E-state index is 14.8. The van der Waals surface area contributed by atoms with Gasteiger partial charge < -0.3 is 4.74 Å². The van der Waals surface area contributed by atoms with E-state index in [0.717, 1.165) is 24.3 Å². The van der Waals surface area contributed by atoms with Crippen molar-refractivity contribution in [2.45, 2.75) is 77.0 Å². The molecule has 0 spiro atoms. The summed E-state index contributed by atoms with van der Waals surface area (Å²) in [5.41, 5.74) is 1.24.